The summed E-state index contributed by atoms with van der Waals surface area (Å²) in [5.41, 5.74) is -1.51. The van der Waals surface area contributed by atoms with Crippen molar-refractivity contribution in [3.8, 4) is 0 Å². The predicted molar refractivity (Wildman–Crippen MR) is 220 cm³/mol. The molecule has 0 amide bonds. The Kier molecular flexibility index (Phi) is 18.0. The van der Waals surface area contributed by atoms with Crippen molar-refractivity contribution < 1.29 is 63.8 Å². The molecule has 1 saturated carbocycles. The molecular weight excluding hydrogens is 748 g/mol. The highest BCUT2D eigenvalue weighted by molar-refractivity contribution is 5.04. The molecule has 3 aliphatic heterocycles. The van der Waals surface area contributed by atoms with Crippen LogP contribution in [0.4, 0.5) is 0 Å². The van der Waals surface area contributed by atoms with Crippen molar-refractivity contribution in [1.29, 1.82) is 0 Å². The summed E-state index contributed by atoms with van der Waals surface area (Å²) in [6.07, 6.45) is -1.47. The normalized spacial score (nSPS) is 42.5. The topological polar surface area (TPSA) is 186 Å². The molecule has 18 atom stereocenters. The van der Waals surface area contributed by atoms with Gasteiger partial charge in [0.25, 0.3) is 0 Å². The van der Waals surface area contributed by atoms with E-state index in [0.717, 1.165) is 38.5 Å². The number of hydrogen-bond acceptors (Lipinski definition) is 13. The standard InChI is InChI=1S/C45H84O13/c1-13-15-43(14-2,55-23-42(11)16-17-44(58-42)20-32(30(9)33(47)21-44)31(10)39(52-12)27(5)6)24-53-34(18-26(3)4)40-28(7)19-29(8)45(51,57-40)25-54-41-38(50)37(49)36(48)35(22-46)56-41/h26-41,46-51H,13-25H2,1-12H3/t28-,29+,30-,31-,32+,33-,34+,35-,36-,37+,38-,39+,40-,41-,42+,43+,44+,45-/m0/s1. The zero-order valence-electron chi connectivity index (χ0n) is 38.0. The van der Waals surface area contributed by atoms with Crippen molar-refractivity contribution >= 4 is 0 Å². The molecule has 0 bridgehead atoms. The highest BCUT2D eigenvalue weighted by Gasteiger charge is 2.55. The zero-order chi connectivity index (χ0) is 43.4. The molecular formula is C45H84O13. The van der Waals surface area contributed by atoms with Crippen LogP contribution in [-0.2, 0) is 33.2 Å². The minimum atomic E-state index is -1.76. The number of methoxy groups -OCH3 is 1. The lowest BCUT2D eigenvalue weighted by atomic mass is 9.64. The van der Waals surface area contributed by atoms with Crippen LogP contribution in [0.2, 0.25) is 0 Å². The van der Waals surface area contributed by atoms with Crippen LogP contribution in [0.5, 0.6) is 0 Å². The average molecular weight is 833 g/mol. The average Bonchev–Trinajstić information content (AvgIpc) is 3.49. The van der Waals surface area contributed by atoms with E-state index in [2.05, 4.69) is 69.2 Å². The Bertz CT molecular complexity index is 1240. The summed E-state index contributed by atoms with van der Waals surface area (Å²) in [4.78, 5) is 0. The van der Waals surface area contributed by atoms with Gasteiger partial charge in [0.15, 0.2) is 12.1 Å². The number of hydrogen-bond donors (Lipinski definition) is 6. The Morgan fingerprint density at radius 3 is 2.19 bits per heavy atom. The van der Waals surface area contributed by atoms with E-state index in [-0.39, 0.29) is 54.3 Å². The molecule has 13 heteroatoms. The van der Waals surface area contributed by atoms with E-state index in [1.165, 1.54) is 0 Å². The second-order valence-electron chi connectivity index (χ2n) is 20.1. The van der Waals surface area contributed by atoms with Gasteiger partial charge in [-0.25, -0.2) is 0 Å². The number of rotatable bonds is 20. The number of aliphatic hydroxyl groups is 6. The lowest BCUT2D eigenvalue weighted by molar-refractivity contribution is -0.360. The summed E-state index contributed by atoms with van der Waals surface area (Å²) in [7, 11) is 1.79. The molecule has 0 aromatic heterocycles. The maximum atomic E-state index is 11.9. The van der Waals surface area contributed by atoms with Crippen LogP contribution in [0, 0.1) is 41.4 Å². The van der Waals surface area contributed by atoms with Crippen LogP contribution < -0.4 is 0 Å². The summed E-state index contributed by atoms with van der Waals surface area (Å²) in [5.74, 6) is -0.736. The third-order valence-electron chi connectivity index (χ3n) is 14.5. The quantitative estimate of drug-likeness (QED) is 0.0967. The number of aliphatic hydroxyl groups excluding tert-OH is 5. The highest BCUT2D eigenvalue weighted by atomic mass is 16.7. The Labute approximate surface area is 349 Å². The second-order valence-corrected chi connectivity index (χ2v) is 20.1. The smallest absolute Gasteiger partial charge is 0.192 e. The van der Waals surface area contributed by atoms with Crippen LogP contribution >= 0.6 is 0 Å². The van der Waals surface area contributed by atoms with Crippen LogP contribution in [0.1, 0.15) is 134 Å². The molecule has 6 N–H and O–H groups in total. The Morgan fingerprint density at radius 1 is 0.914 bits per heavy atom. The molecule has 13 nitrogen and oxygen atoms in total. The van der Waals surface area contributed by atoms with E-state index in [1.807, 2.05) is 6.92 Å². The zero-order valence-corrected chi connectivity index (χ0v) is 38.0. The van der Waals surface area contributed by atoms with Crippen molar-refractivity contribution in [2.24, 2.45) is 41.4 Å². The monoisotopic (exact) mass is 833 g/mol. The molecule has 3 heterocycles. The van der Waals surface area contributed by atoms with Gasteiger partial charge >= 0.3 is 0 Å². The maximum absolute atomic E-state index is 11.9. The van der Waals surface area contributed by atoms with Gasteiger partial charge in [-0.3, -0.25) is 0 Å². The summed E-state index contributed by atoms with van der Waals surface area (Å²) in [6.45, 7) is 23.3. The molecule has 1 aliphatic carbocycles. The first-order chi connectivity index (χ1) is 27.1. The van der Waals surface area contributed by atoms with Crippen molar-refractivity contribution in [3.05, 3.63) is 0 Å². The number of ether oxygens (including phenoxy) is 7. The molecule has 1 spiro atoms. The predicted octanol–water partition coefficient (Wildman–Crippen LogP) is 4.97. The molecule has 4 rings (SSSR count). The van der Waals surface area contributed by atoms with Crippen molar-refractivity contribution in [2.45, 2.75) is 212 Å². The fourth-order valence-corrected chi connectivity index (χ4v) is 10.8. The molecule has 58 heavy (non-hydrogen) atoms. The summed E-state index contributed by atoms with van der Waals surface area (Å²) in [5, 5.41) is 64.0. The van der Waals surface area contributed by atoms with E-state index in [4.69, 9.17) is 33.2 Å². The molecule has 0 radical (unpaired) electrons. The van der Waals surface area contributed by atoms with Gasteiger partial charge in [0.2, 0.25) is 0 Å². The molecule has 0 unspecified atom stereocenters. The van der Waals surface area contributed by atoms with Crippen LogP contribution in [0.15, 0.2) is 0 Å². The minimum Gasteiger partial charge on any atom is -0.394 e. The van der Waals surface area contributed by atoms with Gasteiger partial charge in [0, 0.05) is 19.4 Å². The fourth-order valence-electron chi connectivity index (χ4n) is 10.8. The van der Waals surface area contributed by atoms with Gasteiger partial charge in [-0.05, 0) is 87.4 Å². The maximum Gasteiger partial charge on any atom is 0.192 e. The first-order valence-electron chi connectivity index (χ1n) is 22.6. The minimum absolute atomic E-state index is 0.0382. The third kappa shape index (κ3) is 11.5. The molecule has 3 saturated heterocycles. The fraction of sp³-hybridized carbons (Fsp3) is 1.00. The van der Waals surface area contributed by atoms with E-state index in [0.29, 0.717) is 38.4 Å². The molecule has 342 valence electrons. The second kappa shape index (κ2) is 20.8. The van der Waals surface area contributed by atoms with Gasteiger partial charge < -0.3 is 63.8 Å². The Balaban J connectivity index is 1.46. The van der Waals surface area contributed by atoms with Gasteiger partial charge in [-0.1, -0.05) is 75.7 Å². The van der Waals surface area contributed by atoms with Gasteiger partial charge in [0.05, 0.1) is 61.0 Å². The SMILES string of the molecule is CCC[C@](CC)(CO[C@H](CC(C)C)[C@H]1O[C@@](O)(CO[C@H]2O[C@@H](CO)[C@H](O)[C@@H](O)[C@@H]2O)[C@H](C)C[C@@H]1C)OC[C@@]1(C)CC[C@]2(C[C@@H]([C@H](C)[C@H](OC)C(C)C)[C@H](C)[C@@H](O)C2)O1. The van der Waals surface area contributed by atoms with Gasteiger partial charge in [-0.2, -0.15) is 0 Å². The summed E-state index contributed by atoms with van der Waals surface area (Å²) < 4.78 is 44.9. The van der Waals surface area contributed by atoms with Crippen molar-refractivity contribution in [1.82, 2.24) is 0 Å². The van der Waals surface area contributed by atoms with E-state index in [9.17, 15) is 30.6 Å². The third-order valence-corrected chi connectivity index (χ3v) is 14.5. The highest BCUT2D eigenvalue weighted by Crippen LogP contribution is 2.52. The van der Waals surface area contributed by atoms with Gasteiger partial charge in [-0.15, -0.1) is 0 Å². The lowest BCUT2D eigenvalue weighted by Crippen LogP contribution is -2.61. The van der Waals surface area contributed by atoms with Crippen molar-refractivity contribution in [3.63, 3.8) is 0 Å². The summed E-state index contributed by atoms with van der Waals surface area (Å²) >= 11 is 0. The van der Waals surface area contributed by atoms with Gasteiger partial charge in [0.1, 0.15) is 31.0 Å². The first-order valence-corrected chi connectivity index (χ1v) is 22.6. The molecule has 4 fully saturated rings. The molecule has 0 aromatic carbocycles. The van der Waals surface area contributed by atoms with Crippen LogP contribution in [-0.4, -0.2) is 142 Å². The summed E-state index contributed by atoms with van der Waals surface area (Å²) in [6, 6.07) is 0. The lowest BCUT2D eigenvalue weighted by Gasteiger charge is -2.49. The van der Waals surface area contributed by atoms with E-state index >= 15 is 0 Å². The Morgan fingerprint density at radius 2 is 1.60 bits per heavy atom. The largest absolute Gasteiger partial charge is 0.394 e. The van der Waals surface area contributed by atoms with Crippen LogP contribution in [0.25, 0.3) is 0 Å². The first kappa shape index (κ1) is 50.1. The van der Waals surface area contributed by atoms with Crippen molar-refractivity contribution in [2.75, 3.05) is 33.5 Å². The van der Waals surface area contributed by atoms with E-state index in [1.54, 1.807) is 7.11 Å². The molecule has 4 aliphatic rings. The Hall–Kier alpha value is -0.520. The molecule has 0 aromatic rings. The van der Waals surface area contributed by atoms with E-state index < -0.39 is 72.1 Å². The van der Waals surface area contributed by atoms with Crippen LogP contribution in [0.3, 0.4) is 0 Å².